The Morgan fingerprint density at radius 3 is 1.53 bits per heavy atom. The van der Waals surface area contributed by atoms with Crippen molar-refractivity contribution in [2.75, 3.05) is 36.0 Å². The summed E-state index contributed by atoms with van der Waals surface area (Å²) in [6, 6.07) is 19.8. The summed E-state index contributed by atoms with van der Waals surface area (Å²) in [6.07, 6.45) is -2.70. The number of fused-ring (bicyclic) bond motifs is 1. The minimum Gasteiger partial charge on any atom is -0.368 e. The molecule has 1 fully saturated rings. The van der Waals surface area contributed by atoms with Crippen molar-refractivity contribution in [3.63, 3.8) is 0 Å². The Bertz CT molecular complexity index is 1230. The molecule has 0 bridgehead atoms. The number of carbonyl (C=O) groups excluding carboxylic acids is 2. The van der Waals surface area contributed by atoms with Gasteiger partial charge in [-0.1, -0.05) is 36.4 Å². The molecule has 1 aliphatic heterocycles. The van der Waals surface area contributed by atoms with E-state index in [9.17, 15) is 22.8 Å². The Labute approximate surface area is 194 Å². The predicted molar refractivity (Wildman–Crippen MR) is 125 cm³/mol. The maximum atomic E-state index is 12.8. The number of rotatable bonds is 3. The van der Waals surface area contributed by atoms with Crippen LogP contribution in [0.3, 0.4) is 0 Å². The molecule has 0 amide bonds. The van der Waals surface area contributed by atoms with Crippen LogP contribution < -0.4 is 9.80 Å². The first kappa shape index (κ1) is 21.9. The van der Waals surface area contributed by atoms with Crippen LogP contribution in [0.4, 0.5) is 24.5 Å². The van der Waals surface area contributed by atoms with Crippen molar-refractivity contribution in [1.29, 1.82) is 0 Å². The lowest BCUT2D eigenvalue weighted by atomic mass is 10.1. The molecule has 0 saturated carbocycles. The summed E-state index contributed by atoms with van der Waals surface area (Å²) >= 11 is 0. The van der Waals surface area contributed by atoms with E-state index in [1.807, 2.05) is 24.3 Å². The van der Waals surface area contributed by atoms with Gasteiger partial charge in [0.2, 0.25) is 0 Å². The molecule has 1 heterocycles. The molecule has 7 heteroatoms. The van der Waals surface area contributed by atoms with Crippen LogP contribution in [-0.2, 0) is 6.18 Å². The number of benzene rings is 3. The number of hydrogen-bond donors (Lipinski definition) is 0. The van der Waals surface area contributed by atoms with Crippen molar-refractivity contribution in [1.82, 2.24) is 0 Å². The molecule has 34 heavy (non-hydrogen) atoms. The lowest BCUT2D eigenvalue weighted by Gasteiger charge is -2.37. The molecule has 0 N–H and O–H groups in total. The first-order chi connectivity index (χ1) is 16.3. The molecule has 0 unspecified atom stereocenters. The van der Waals surface area contributed by atoms with Crippen LogP contribution in [0.15, 0.2) is 78.4 Å². The number of alkyl halides is 3. The molecule has 172 valence electrons. The van der Waals surface area contributed by atoms with Gasteiger partial charge in [0.1, 0.15) is 0 Å². The lowest BCUT2D eigenvalue weighted by molar-refractivity contribution is -0.137. The first-order valence-corrected chi connectivity index (χ1v) is 11.0. The molecule has 1 aliphatic carbocycles. The molecule has 0 radical (unpaired) electrons. The Hall–Kier alpha value is -3.87. The molecule has 4 nitrogen and oxygen atoms in total. The molecule has 3 aromatic carbocycles. The van der Waals surface area contributed by atoms with Crippen molar-refractivity contribution in [3.8, 4) is 0 Å². The zero-order chi connectivity index (χ0) is 23.9. The van der Waals surface area contributed by atoms with Crippen LogP contribution in [0.1, 0.15) is 31.8 Å². The zero-order valence-corrected chi connectivity index (χ0v) is 18.2. The number of ketones is 2. The Balaban J connectivity index is 1.24. The van der Waals surface area contributed by atoms with E-state index in [0.29, 0.717) is 24.2 Å². The van der Waals surface area contributed by atoms with E-state index in [1.165, 1.54) is 12.1 Å². The number of halogens is 3. The highest BCUT2D eigenvalue weighted by Gasteiger charge is 2.32. The number of anilines is 2. The molecule has 3 aromatic rings. The third-order valence-corrected chi connectivity index (χ3v) is 6.31. The van der Waals surface area contributed by atoms with Gasteiger partial charge >= 0.3 is 6.18 Å². The zero-order valence-electron chi connectivity index (χ0n) is 18.2. The summed E-state index contributed by atoms with van der Waals surface area (Å²) < 4.78 is 38.4. The summed E-state index contributed by atoms with van der Waals surface area (Å²) in [6.45, 7) is 2.85. The second-order valence-electron chi connectivity index (χ2n) is 8.37. The second-order valence-corrected chi connectivity index (χ2v) is 8.37. The number of Topliss-reactive ketones (excluding diaryl/α,β-unsaturated/α-hetero) is 2. The lowest BCUT2D eigenvalue weighted by Crippen LogP contribution is -2.46. The largest absolute Gasteiger partial charge is 0.416 e. The van der Waals surface area contributed by atoms with Gasteiger partial charge in [-0.3, -0.25) is 9.59 Å². The van der Waals surface area contributed by atoms with Gasteiger partial charge in [-0.15, -0.1) is 0 Å². The third-order valence-electron chi connectivity index (χ3n) is 6.31. The predicted octanol–water partition coefficient (Wildman–Crippen LogP) is 5.49. The van der Waals surface area contributed by atoms with E-state index in [4.69, 9.17) is 0 Å². The van der Waals surface area contributed by atoms with Gasteiger partial charge in [0.25, 0.3) is 0 Å². The molecule has 2 aliphatic rings. The molecule has 0 atom stereocenters. The van der Waals surface area contributed by atoms with E-state index in [0.717, 1.165) is 42.2 Å². The molecule has 1 saturated heterocycles. The number of allylic oxidation sites excluding steroid dienone is 1. The summed E-state index contributed by atoms with van der Waals surface area (Å²) in [5.74, 6) is -0.492. The van der Waals surface area contributed by atoms with Crippen LogP contribution in [-0.4, -0.2) is 37.7 Å². The van der Waals surface area contributed by atoms with E-state index in [-0.39, 0.29) is 17.1 Å². The highest BCUT2D eigenvalue weighted by Crippen LogP contribution is 2.31. The topological polar surface area (TPSA) is 40.6 Å². The van der Waals surface area contributed by atoms with E-state index in [2.05, 4.69) is 9.80 Å². The van der Waals surface area contributed by atoms with Gasteiger partial charge in [-0.25, -0.2) is 0 Å². The normalized spacial score (nSPS) is 16.1. The fourth-order valence-electron chi connectivity index (χ4n) is 4.44. The van der Waals surface area contributed by atoms with Crippen molar-refractivity contribution >= 4 is 29.0 Å². The van der Waals surface area contributed by atoms with Gasteiger partial charge in [0.15, 0.2) is 11.6 Å². The minimum atomic E-state index is -4.33. The monoisotopic (exact) mass is 462 g/mol. The molecular weight excluding hydrogens is 441 g/mol. The van der Waals surface area contributed by atoms with Gasteiger partial charge in [0, 0.05) is 48.7 Å². The van der Waals surface area contributed by atoms with Crippen LogP contribution in [0.5, 0.6) is 0 Å². The average Bonchev–Trinajstić information content (AvgIpc) is 3.09. The summed E-state index contributed by atoms with van der Waals surface area (Å²) in [5, 5.41) is 0. The highest BCUT2D eigenvalue weighted by atomic mass is 19.4. The standard InChI is InChI=1S/C27H21F3N2O2/c28-27(29,30)19-7-11-21(12-8-19)32-15-13-31(14-16-32)20-9-5-18(6-10-20)17-24-25(33)22-3-1-2-4-23(22)26(24)34/h1-12,17H,13-16H2. The number of hydrogen-bond acceptors (Lipinski definition) is 4. The smallest absolute Gasteiger partial charge is 0.368 e. The Morgan fingerprint density at radius 1 is 0.647 bits per heavy atom. The fourth-order valence-corrected chi connectivity index (χ4v) is 4.44. The number of piperazine rings is 1. The summed E-state index contributed by atoms with van der Waals surface area (Å²) in [7, 11) is 0. The van der Waals surface area contributed by atoms with Gasteiger partial charge in [-0.2, -0.15) is 13.2 Å². The quantitative estimate of drug-likeness (QED) is 0.381. The molecule has 5 rings (SSSR count). The fraction of sp³-hybridized carbons (Fsp3) is 0.185. The number of nitrogens with zero attached hydrogens (tertiary/aromatic N) is 2. The van der Waals surface area contributed by atoms with E-state index < -0.39 is 11.7 Å². The molecule has 0 aromatic heterocycles. The average molecular weight is 462 g/mol. The van der Waals surface area contributed by atoms with Crippen molar-refractivity contribution in [2.45, 2.75) is 6.18 Å². The van der Waals surface area contributed by atoms with Crippen molar-refractivity contribution in [3.05, 3.63) is 101 Å². The first-order valence-electron chi connectivity index (χ1n) is 11.0. The Morgan fingerprint density at radius 2 is 1.09 bits per heavy atom. The molecule has 0 spiro atoms. The van der Waals surface area contributed by atoms with E-state index >= 15 is 0 Å². The summed E-state index contributed by atoms with van der Waals surface area (Å²) in [4.78, 5) is 29.4. The van der Waals surface area contributed by atoms with Crippen LogP contribution >= 0.6 is 0 Å². The van der Waals surface area contributed by atoms with Gasteiger partial charge in [-0.05, 0) is 48.0 Å². The second kappa shape index (κ2) is 8.48. The molecular formula is C27H21F3N2O2. The van der Waals surface area contributed by atoms with Crippen molar-refractivity contribution < 1.29 is 22.8 Å². The third kappa shape index (κ3) is 4.09. The van der Waals surface area contributed by atoms with Gasteiger partial charge < -0.3 is 9.80 Å². The minimum absolute atomic E-state index is 0.180. The van der Waals surface area contributed by atoms with Gasteiger partial charge in [0.05, 0.1) is 11.1 Å². The van der Waals surface area contributed by atoms with Crippen LogP contribution in [0, 0.1) is 0 Å². The Kier molecular flexibility index (Phi) is 5.48. The van der Waals surface area contributed by atoms with Crippen LogP contribution in [0.25, 0.3) is 6.08 Å². The summed E-state index contributed by atoms with van der Waals surface area (Å²) in [5.41, 5.74) is 3.00. The maximum absolute atomic E-state index is 12.8. The number of carbonyl (C=O) groups is 2. The highest BCUT2D eigenvalue weighted by molar-refractivity contribution is 6.41. The van der Waals surface area contributed by atoms with E-state index in [1.54, 1.807) is 30.3 Å². The SMILES string of the molecule is O=C1C(=Cc2ccc(N3CCN(c4ccc(C(F)(F)F)cc4)CC3)cc2)C(=O)c2ccccc21. The van der Waals surface area contributed by atoms with Crippen molar-refractivity contribution in [2.24, 2.45) is 0 Å². The van der Waals surface area contributed by atoms with Crippen LogP contribution in [0.2, 0.25) is 0 Å². The maximum Gasteiger partial charge on any atom is 0.416 e.